The molecule has 0 aromatic carbocycles. The minimum Gasteiger partial charge on any atom is -0.354 e. The molecule has 1 unspecified atom stereocenters. The van der Waals surface area contributed by atoms with Gasteiger partial charge in [0, 0.05) is 25.5 Å². The molecule has 3 N–H and O–H groups in total. The zero-order chi connectivity index (χ0) is 14.5. The fraction of sp³-hybridized carbons (Fsp3) is 0.357. The van der Waals surface area contributed by atoms with Crippen LogP contribution in [0.1, 0.15) is 29.4 Å². The van der Waals surface area contributed by atoms with Crippen molar-refractivity contribution in [3.63, 3.8) is 0 Å². The van der Waals surface area contributed by atoms with Crippen molar-refractivity contribution in [2.24, 2.45) is 5.73 Å². The Morgan fingerprint density at radius 1 is 1.50 bits per heavy atom. The average Bonchev–Trinajstić information content (AvgIpc) is 2.96. The molecule has 0 aliphatic rings. The Labute approximate surface area is 118 Å². The van der Waals surface area contributed by atoms with Gasteiger partial charge in [-0.2, -0.15) is 5.10 Å². The summed E-state index contributed by atoms with van der Waals surface area (Å²) in [6.07, 6.45) is 5.07. The van der Waals surface area contributed by atoms with Crippen molar-refractivity contribution in [3.05, 3.63) is 41.9 Å². The predicted molar refractivity (Wildman–Crippen MR) is 76.7 cm³/mol. The maximum absolute atomic E-state index is 11.5. The van der Waals surface area contributed by atoms with Crippen LogP contribution in [0.4, 0.5) is 0 Å². The number of amides is 1. The first kappa shape index (κ1) is 14.2. The minimum atomic E-state index is -0.216. The topological polar surface area (TPSA) is 85.8 Å². The predicted octanol–water partition coefficient (Wildman–Crippen LogP) is 0.907. The van der Waals surface area contributed by atoms with Gasteiger partial charge in [0.15, 0.2) is 11.5 Å². The van der Waals surface area contributed by atoms with E-state index in [9.17, 15) is 4.79 Å². The lowest BCUT2D eigenvalue weighted by molar-refractivity contribution is 0.0957. The number of carbonyl (C=O) groups excluding carboxylic acids is 1. The molecule has 20 heavy (non-hydrogen) atoms. The van der Waals surface area contributed by atoms with Gasteiger partial charge in [-0.15, -0.1) is 0 Å². The molecular weight excluding hydrogens is 254 g/mol. The summed E-state index contributed by atoms with van der Waals surface area (Å²) in [5, 5.41) is 6.79. The van der Waals surface area contributed by atoms with Gasteiger partial charge < -0.3 is 11.1 Å². The summed E-state index contributed by atoms with van der Waals surface area (Å²) in [6.45, 7) is 2.05. The smallest absolute Gasteiger partial charge is 0.271 e. The summed E-state index contributed by atoms with van der Waals surface area (Å²) >= 11 is 0. The zero-order valence-electron chi connectivity index (χ0n) is 11.7. The quantitative estimate of drug-likeness (QED) is 0.847. The number of nitrogens with zero attached hydrogens (tertiary/aromatic N) is 3. The molecule has 0 radical (unpaired) electrons. The summed E-state index contributed by atoms with van der Waals surface area (Å²) in [6, 6.07) is 5.62. The fourth-order valence-electron chi connectivity index (χ4n) is 1.91. The van der Waals surface area contributed by atoms with Gasteiger partial charge in [0.1, 0.15) is 0 Å². The number of nitrogens with two attached hydrogens (primary N) is 1. The first-order valence-electron chi connectivity index (χ1n) is 6.63. The lowest BCUT2D eigenvalue weighted by atomic mass is 10.1. The Bertz CT molecular complexity index is 593. The highest BCUT2D eigenvalue weighted by Gasteiger charge is 2.12. The Balaban J connectivity index is 2.32. The van der Waals surface area contributed by atoms with Crippen molar-refractivity contribution in [1.82, 2.24) is 20.1 Å². The largest absolute Gasteiger partial charge is 0.354 e. The lowest BCUT2D eigenvalue weighted by Gasteiger charge is -2.12. The van der Waals surface area contributed by atoms with Crippen molar-refractivity contribution < 1.29 is 4.79 Å². The van der Waals surface area contributed by atoms with Gasteiger partial charge in [0.05, 0.1) is 0 Å². The van der Waals surface area contributed by atoms with E-state index in [1.54, 1.807) is 30.2 Å². The fourth-order valence-corrected chi connectivity index (χ4v) is 1.91. The third-order valence-electron chi connectivity index (χ3n) is 3.14. The maximum Gasteiger partial charge on any atom is 0.271 e. The number of rotatable bonds is 5. The Kier molecular flexibility index (Phi) is 4.47. The normalized spacial score (nSPS) is 12.2. The number of nitrogens with one attached hydrogen (secondary N) is 1. The van der Waals surface area contributed by atoms with Gasteiger partial charge >= 0.3 is 0 Å². The molecule has 2 aromatic rings. The van der Waals surface area contributed by atoms with Gasteiger partial charge in [-0.25, -0.2) is 9.67 Å². The molecule has 1 atom stereocenters. The molecular formula is C14H19N5O. The number of hydrogen-bond donors (Lipinski definition) is 2. The standard InChI is InChI=1S/C14H19N5O/c1-3-11(15)9-10-5-4-7-17-13(10)19-8-6-12(18-19)14(20)16-2/h4-8,11H,3,9,15H2,1-2H3,(H,16,20). The third-order valence-corrected chi connectivity index (χ3v) is 3.14. The molecule has 0 saturated heterocycles. The SMILES string of the molecule is CCC(N)Cc1cccnc1-n1ccc(C(=O)NC)n1. The van der Waals surface area contributed by atoms with Crippen molar-refractivity contribution >= 4 is 5.91 Å². The molecule has 0 spiro atoms. The molecule has 2 rings (SSSR count). The molecule has 6 heteroatoms. The average molecular weight is 273 g/mol. The zero-order valence-corrected chi connectivity index (χ0v) is 11.7. The number of aromatic nitrogens is 3. The van der Waals surface area contributed by atoms with Crippen LogP contribution in [0.2, 0.25) is 0 Å². The summed E-state index contributed by atoms with van der Waals surface area (Å²) in [5.74, 6) is 0.498. The first-order chi connectivity index (χ1) is 9.65. The van der Waals surface area contributed by atoms with Crippen LogP contribution in [-0.2, 0) is 6.42 Å². The van der Waals surface area contributed by atoms with Crippen LogP contribution >= 0.6 is 0 Å². The molecule has 6 nitrogen and oxygen atoms in total. The Morgan fingerprint density at radius 2 is 2.30 bits per heavy atom. The van der Waals surface area contributed by atoms with E-state index in [0.29, 0.717) is 11.5 Å². The van der Waals surface area contributed by atoms with E-state index < -0.39 is 0 Å². The summed E-state index contributed by atoms with van der Waals surface area (Å²) in [5.41, 5.74) is 7.39. The van der Waals surface area contributed by atoms with E-state index in [1.807, 2.05) is 12.1 Å². The maximum atomic E-state index is 11.5. The van der Waals surface area contributed by atoms with E-state index in [2.05, 4.69) is 22.3 Å². The summed E-state index contributed by atoms with van der Waals surface area (Å²) in [7, 11) is 1.58. The van der Waals surface area contributed by atoms with Crippen LogP contribution in [0, 0.1) is 0 Å². The second kappa shape index (κ2) is 6.29. The van der Waals surface area contributed by atoms with Crippen molar-refractivity contribution in [3.8, 4) is 5.82 Å². The van der Waals surface area contributed by atoms with Gasteiger partial charge in [0.25, 0.3) is 5.91 Å². The van der Waals surface area contributed by atoms with Gasteiger partial charge in [-0.3, -0.25) is 4.79 Å². The van der Waals surface area contributed by atoms with E-state index in [-0.39, 0.29) is 11.9 Å². The van der Waals surface area contributed by atoms with Crippen LogP contribution < -0.4 is 11.1 Å². The monoisotopic (exact) mass is 273 g/mol. The van der Waals surface area contributed by atoms with Crippen LogP contribution in [0.3, 0.4) is 0 Å². The van der Waals surface area contributed by atoms with Gasteiger partial charge in [-0.1, -0.05) is 13.0 Å². The van der Waals surface area contributed by atoms with E-state index in [0.717, 1.165) is 18.4 Å². The van der Waals surface area contributed by atoms with Gasteiger partial charge in [0.2, 0.25) is 0 Å². The number of carbonyl (C=O) groups is 1. The molecule has 1 amide bonds. The van der Waals surface area contributed by atoms with Crippen molar-refractivity contribution in [2.45, 2.75) is 25.8 Å². The number of hydrogen-bond acceptors (Lipinski definition) is 4. The third kappa shape index (κ3) is 3.03. The highest BCUT2D eigenvalue weighted by atomic mass is 16.1. The second-order valence-corrected chi connectivity index (χ2v) is 4.58. The molecule has 0 fully saturated rings. The molecule has 0 aliphatic heterocycles. The van der Waals surface area contributed by atoms with Crippen LogP contribution in [0.5, 0.6) is 0 Å². The summed E-state index contributed by atoms with van der Waals surface area (Å²) < 4.78 is 1.61. The Morgan fingerprint density at radius 3 is 3.00 bits per heavy atom. The van der Waals surface area contributed by atoms with Crippen LogP contribution in [0.15, 0.2) is 30.6 Å². The summed E-state index contributed by atoms with van der Waals surface area (Å²) in [4.78, 5) is 15.9. The Hall–Kier alpha value is -2.21. The molecule has 0 bridgehead atoms. The van der Waals surface area contributed by atoms with Crippen LogP contribution in [-0.4, -0.2) is 33.8 Å². The number of pyridine rings is 1. The molecule has 2 aromatic heterocycles. The lowest BCUT2D eigenvalue weighted by Crippen LogP contribution is -2.22. The highest BCUT2D eigenvalue weighted by molar-refractivity contribution is 5.91. The first-order valence-corrected chi connectivity index (χ1v) is 6.63. The van der Waals surface area contributed by atoms with E-state index >= 15 is 0 Å². The van der Waals surface area contributed by atoms with Gasteiger partial charge in [-0.05, 0) is 30.5 Å². The van der Waals surface area contributed by atoms with Crippen LogP contribution in [0.25, 0.3) is 5.82 Å². The second-order valence-electron chi connectivity index (χ2n) is 4.58. The molecule has 0 saturated carbocycles. The molecule has 2 heterocycles. The van der Waals surface area contributed by atoms with E-state index in [4.69, 9.17) is 5.73 Å². The van der Waals surface area contributed by atoms with Crippen molar-refractivity contribution in [2.75, 3.05) is 7.05 Å². The van der Waals surface area contributed by atoms with E-state index in [1.165, 1.54) is 0 Å². The molecule has 106 valence electrons. The highest BCUT2D eigenvalue weighted by Crippen LogP contribution is 2.13. The minimum absolute atomic E-state index is 0.0897. The molecule has 0 aliphatic carbocycles. The van der Waals surface area contributed by atoms with Crippen molar-refractivity contribution in [1.29, 1.82) is 0 Å².